The number of aromatic nitrogens is 4. The molecule has 0 aliphatic carbocycles. The number of benzene rings is 1. The molecule has 10 nitrogen and oxygen atoms in total. The summed E-state index contributed by atoms with van der Waals surface area (Å²) in [6.07, 6.45) is 3.98. The Kier molecular flexibility index (Phi) is 6.89. The van der Waals surface area contributed by atoms with Gasteiger partial charge < -0.3 is 10.4 Å². The van der Waals surface area contributed by atoms with Crippen LogP contribution in [0.25, 0.3) is 5.69 Å². The number of aliphatic hydroxyl groups is 1. The number of carbonyl (C=O) groups excluding carboxylic acids is 2. The van der Waals surface area contributed by atoms with Crippen molar-refractivity contribution >= 4 is 29.6 Å². The fourth-order valence-corrected chi connectivity index (χ4v) is 3.20. The zero-order valence-corrected chi connectivity index (χ0v) is 16.7. The van der Waals surface area contributed by atoms with E-state index in [1.54, 1.807) is 18.2 Å². The van der Waals surface area contributed by atoms with Gasteiger partial charge in [-0.1, -0.05) is 31.4 Å². The van der Waals surface area contributed by atoms with E-state index >= 15 is 0 Å². The molecule has 1 aromatic heterocycles. The summed E-state index contributed by atoms with van der Waals surface area (Å²) in [6.45, 7) is 2.13. The molecule has 0 fully saturated rings. The molecule has 2 aromatic rings. The van der Waals surface area contributed by atoms with Gasteiger partial charge in [0.15, 0.2) is 0 Å². The highest BCUT2D eigenvalue weighted by Gasteiger charge is 2.35. The summed E-state index contributed by atoms with van der Waals surface area (Å²) in [5.74, 6) is -0.939. The van der Waals surface area contributed by atoms with E-state index in [1.165, 1.54) is 17.2 Å². The lowest BCUT2D eigenvalue weighted by molar-refractivity contribution is -0.146. The Labute approximate surface area is 172 Å². The minimum Gasteiger partial charge on any atom is -0.383 e. The highest BCUT2D eigenvalue weighted by Crippen LogP contribution is 2.20. The Morgan fingerprint density at radius 2 is 2.24 bits per heavy atom. The summed E-state index contributed by atoms with van der Waals surface area (Å²) in [7, 11) is 0. The van der Waals surface area contributed by atoms with Crippen molar-refractivity contribution in [2.75, 3.05) is 0 Å². The fourth-order valence-electron chi connectivity index (χ4n) is 3.01. The van der Waals surface area contributed by atoms with Gasteiger partial charge in [-0.3, -0.25) is 9.59 Å². The van der Waals surface area contributed by atoms with Crippen LogP contribution < -0.4 is 5.32 Å². The molecule has 1 aliphatic rings. The quantitative estimate of drug-likeness (QED) is 0.659. The highest BCUT2D eigenvalue weighted by atomic mass is 35.5. The first-order valence-electron chi connectivity index (χ1n) is 9.34. The SMILES string of the molecule is CCCC[C@@H](O)C(=O)N1N=CC[C@H]1C(=O)NCc1cc(Cl)ccc1-n1cnnn1. The number of unbranched alkanes of at least 4 members (excludes halogenated alkanes) is 1. The maximum Gasteiger partial charge on any atom is 0.272 e. The maximum absolute atomic E-state index is 12.7. The summed E-state index contributed by atoms with van der Waals surface area (Å²) in [5, 5.41) is 29.5. The lowest BCUT2D eigenvalue weighted by Crippen LogP contribution is -2.47. The van der Waals surface area contributed by atoms with Crippen molar-refractivity contribution in [2.45, 2.75) is 51.3 Å². The van der Waals surface area contributed by atoms with Gasteiger partial charge in [-0.05, 0) is 40.6 Å². The first-order valence-corrected chi connectivity index (χ1v) is 9.72. The van der Waals surface area contributed by atoms with Crippen LogP contribution in [-0.2, 0) is 16.1 Å². The molecule has 2 N–H and O–H groups in total. The summed E-state index contributed by atoms with van der Waals surface area (Å²) in [5.41, 5.74) is 1.38. The van der Waals surface area contributed by atoms with Gasteiger partial charge in [0.05, 0.1) is 5.69 Å². The summed E-state index contributed by atoms with van der Waals surface area (Å²) in [6, 6.07) is 4.36. The van der Waals surface area contributed by atoms with Crippen LogP contribution in [0.1, 0.15) is 38.2 Å². The minimum atomic E-state index is -1.17. The number of hydrogen-bond donors (Lipinski definition) is 2. The molecule has 1 aromatic carbocycles. The van der Waals surface area contributed by atoms with Crippen LogP contribution in [-0.4, -0.2) is 60.5 Å². The average molecular weight is 420 g/mol. The van der Waals surface area contributed by atoms with Crippen molar-refractivity contribution in [3.8, 4) is 5.69 Å². The molecule has 1 aliphatic heterocycles. The van der Waals surface area contributed by atoms with Gasteiger partial charge in [-0.15, -0.1) is 5.10 Å². The molecule has 0 saturated heterocycles. The highest BCUT2D eigenvalue weighted by molar-refractivity contribution is 6.30. The van der Waals surface area contributed by atoms with Crippen molar-refractivity contribution in [2.24, 2.45) is 5.10 Å². The van der Waals surface area contributed by atoms with Gasteiger partial charge >= 0.3 is 0 Å². The van der Waals surface area contributed by atoms with Crippen LogP contribution >= 0.6 is 11.6 Å². The van der Waals surface area contributed by atoms with E-state index in [2.05, 4.69) is 25.9 Å². The number of carbonyl (C=O) groups is 2. The number of halogens is 1. The molecular weight excluding hydrogens is 398 g/mol. The maximum atomic E-state index is 12.7. The fraction of sp³-hybridized carbons (Fsp3) is 0.444. The van der Waals surface area contributed by atoms with Gasteiger partial charge in [0.1, 0.15) is 18.5 Å². The third kappa shape index (κ3) is 4.96. The smallest absolute Gasteiger partial charge is 0.272 e. The molecule has 0 spiro atoms. The van der Waals surface area contributed by atoms with E-state index in [0.29, 0.717) is 22.7 Å². The second-order valence-electron chi connectivity index (χ2n) is 6.64. The van der Waals surface area contributed by atoms with E-state index in [9.17, 15) is 14.7 Å². The number of rotatable bonds is 8. The molecule has 29 heavy (non-hydrogen) atoms. The second kappa shape index (κ2) is 9.57. The van der Waals surface area contributed by atoms with E-state index in [-0.39, 0.29) is 18.9 Å². The Hall–Kier alpha value is -2.85. The topological polar surface area (TPSA) is 126 Å². The van der Waals surface area contributed by atoms with Crippen molar-refractivity contribution in [1.29, 1.82) is 0 Å². The molecule has 2 amide bonds. The van der Waals surface area contributed by atoms with Gasteiger partial charge in [-0.2, -0.15) is 5.10 Å². The largest absolute Gasteiger partial charge is 0.383 e. The molecule has 0 bridgehead atoms. The van der Waals surface area contributed by atoms with Crippen LogP contribution in [0.5, 0.6) is 0 Å². The number of nitrogens with zero attached hydrogens (tertiary/aromatic N) is 6. The van der Waals surface area contributed by atoms with E-state index < -0.39 is 18.1 Å². The predicted octanol–water partition coefficient (Wildman–Crippen LogP) is 1.07. The third-order valence-corrected chi connectivity index (χ3v) is 4.80. The van der Waals surface area contributed by atoms with Gasteiger partial charge in [0, 0.05) is 24.2 Å². The average Bonchev–Trinajstić information content (AvgIpc) is 3.41. The lowest BCUT2D eigenvalue weighted by Gasteiger charge is -2.23. The lowest BCUT2D eigenvalue weighted by atomic mass is 10.1. The van der Waals surface area contributed by atoms with E-state index in [0.717, 1.165) is 17.9 Å². The molecule has 154 valence electrons. The number of nitrogens with one attached hydrogen (secondary N) is 1. The van der Waals surface area contributed by atoms with Gasteiger partial charge in [0.2, 0.25) is 5.91 Å². The van der Waals surface area contributed by atoms with Crippen molar-refractivity contribution in [3.05, 3.63) is 35.1 Å². The predicted molar refractivity (Wildman–Crippen MR) is 105 cm³/mol. The number of hydrazone groups is 1. The van der Waals surface area contributed by atoms with E-state index in [4.69, 9.17) is 11.6 Å². The monoisotopic (exact) mass is 419 g/mol. The van der Waals surface area contributed by atoms with Crippen LogP contribution in [0, 0.1) is 0 Å². The molecule has 0 unspecified atom stereocenters. The number of hydrogen-bond acceptors (Lipinski definition) is 7. The second-order valence-corrected chi connectivity index (χ2v) is 7.07. The third-order valence-electron chi connectivity index (χ3n) is 4.57. The Bertz CT molecular complexity index is 888. The molecule has 2 heterocycles. The van der Waals surface area contributed by atoms with Gasteiger partial charge in [0.25, 0.3) is 5.91 Å². The summed E-state index contributed by atoms with van der Waals surface area (Å²) in [4.78, 5) is 25.1. The van der Waals surface area contributed by atoms with Crippen LogP contribution in [0.3, 0.4) is 0 Å². The molecule has 0 saturated carbocycles. The molecule has 0 radical (unpaired) electrons. The number of amides is 2. The van der Waals surface area contributed by atoms with E-state index in [1.807, 2.05) is 6.92 Å². The van der Waals surface area contributed by atoms with Gasteiger partial charge in [-0.25, -0.2) is 9.69 Å². The molecule has 3 rings (SSSR count). The van der Waals surface area contributed by atoms with Crippen molar-refractivity contribution < 1.29 is 14.7 Å². The zero-order valence-electron chi connectivity index (χ0n) is 15.9. The Balaban J connectivity index is 1.67. The first kappa shape index (κ1) is 20.9. The van der Waals surface area contributed by atoms with Crippen LogP contribution in [0.15, 0.2) is 29.6 Å². The molecule has 11 heteroatoms. The standard InChI is InChI=1S/C18H22ClN7O3/c1-2-3-4-16(27)18(29)26-15(7-8-22-26)17(28)20-10-12-9-13(19)5-6-14(12)25-11-21-23-24-25/h5-6,8-9,11,15-16,27H,2-4,7,10H2,1H3,(H,20,28)/t15-,16+/m0/s1. The number of aliphatic hydroxyl groups excluding tert-OH is 1. The van der Waals surface area contributed by atoms with Crippen molar-refractivity contribution in [1.82, 2.24) is 30.5 Å². The normalized spacial score (nSPS) is 16.8. The number of tetrazole rings is 1. The molecule has 2 atom stereocenters. The Morgan fingerprint density at radius 1 is 1.41 bits per heavy atom. The minimum absolute atomic E-state index is 0.158. The van der Waals surface area contributed by atoms with Crippen LogP contribution in [0.2, 0.25) is 5.02 Å². The zero-order chi connectivity index (χ0) is 20.8. The van der Waals surface area contributed by atoms with Crippen LogP contribution in [0.4, 0.5) is 0 Å². The van der Waals surface area contributed by atoms with Crippen molar-refractivity contribution in [3.63, 3.8) is 0 Å². The summed E-state index contributed by atoms with van der Waals surface area (Å²) < 4.78 is 1.47. The summed E-state index contributed by atoms with van der Waals surface area (Å²) >= 11 is 6.09. The molecular formula is C18H22ClN7O3. The Morgan fingerprint density at radius 3 is 2.97 bits per heavy atom. The first-order chi connectivity index (χ1) is 14.0.